The van der Waals surface area contributed by atoms with Gasteiger partial charge in [-0.05, 0) is 41.3 Å². The number of aliphatic hydroxyl groups excluding tert-OH is 2. The molecule has 2 fully saturated rings. The number of carbonyl (C=O) groups excluding carboxylic acids is 2. The molecule has 0 radical (unpaired) electrons. The minimum Gasteiger partial charge on any atom is -0.488 e. The van der Waals surface area contributed by atoms with Crippen LogP contribution in [0.2, 0.25) is 5.02 Å². The van der Waals surface area contributed by atoms with Gasteiger partial charge in [0.1, 0.15) is 30.2 Å². The highest BCUT2D eigenvalue weighted by atomic mass is 35.5. The van der Waals surface area contributed by atoms with Crippen molar-refractivity contribution in [1.82, 2.24) is 0 Å². The lowest BCUT2D eigenvalue weighted by atomic mass is 9.90. The summed E-state index contributed by atoms with van der Waals surface area (Å²) in [4.78, 5) is 23.9. The standard InChI is InChI=1S/C25H27ClO8/c1-14(28)32-25-22(29)21(12-27)34-24(23(25)30)16-4-7-20(26)17(11-16)10-15-2-5-18(6-3-15)33-19-8-9-31-13-19/h2-7,11,19,21,23-25,27,30H,8-10,12-13H2,1H3/t19-,21+,23+,24-,25-/m0/s1. The number of esters is 1. The topological polar surface area (TPSA) is 112 Å². The van der Waals surface area contributed by atoms with Crippen molar-refractivity contribution in [2.75, 3.05) is 19.8 Å². The van der Waals surface area contributed by atoms with Gasteiger partial charge in [0, 0.05) is 18.4 Å². The molecule has 0 aromatic heterocycles. The molecule has 4 rings (SSSR count). The summed E-state index contributed by atoms with van der Waals surface area (Å²) in [5.74, 6) is -0.615. The highest BCUT2D eigenvalue weighted by Crippen LogP contribution is 2.34. The minimum absolute atomic E-state index is 0.0735. The molecule has 2 aliphatic rings. The number of Topliss-reactive ketones (excluding diaryl/α,β-unsaturated/α-hetero) is 1. The first-order chi connectivity index (χ1) is 16.4. The second-order valence-electron chi connectivity index (χ2n) is 8.43. The number of benzene rings is 2. The molecule has 2 N–H and O–H groups in total. The van der Waals surface area contributed by atoms with E-state index in [-0.39, 0.29) is 6.10 Å². The first-order valence-electron chi connectivity index (χ1n) is 11.1. The summed E-state index contributed by atoms with van der Waals surface area (Å²) in [5, 5.41) is 20.8. The van der Waals surface area contributed by atoms with Gasteiger partial charge in [-0.25, -0.2) is 0 Å². The van der Waals surface area contributed by atoms with Crippen molar-refractivity contribution in [3.05, 3.63) is 64.2 Å². The monoisotopic (exact) mass is 490 g/mol. The van der Waals surface area contributed by atoms with Crippen LogP contribution in [0.4, 0.5) is 0 Å². The van der Waals surface area contributed by atoms with Crippen molar-refractivity contribution >= 4 is 23.4 Å². The largest absolute Gasteiger partial charge is 0.488 e. The van der Waals surface area contributed by atoms with Crippen molar-refractivity contribution in [3.63, 3.8) is 0 Å². The van der Waals surface area contributed by atoms with Crippen LogP contribution < -0.4 is 4.74 Å². The van der Waals surface area contributed by atoms with Crippen LogP contribution in [-0.2, 0) is 30.2 Å². The predicted octanol–water partition coefficient (Wildman–Crippen LogP) is 2.39. The molecule has 0 unspecified atom stereocenters. The second-order valence-corrected chi connectivity index (χ2v) is 8.83. The van der Waals surface area contributed by atoms with Crippen molar-refractivity contribution < 1.29 is 38.7 Å². The molecule has 8 nitrogen and oxygen atoms in total. The molecular weight excluding hydrogens is 464 g/mol. The van der Waals surface area contributed by atoms with Crippen LogP contribution in [0, 0.1) is 0 Å². The van der Waals surface area contributed by atoms with Crippen molar-refractivity contribution in [2.24, 2.45) is 0 Å². The predicted molar refractivity (Wildman–Crippen MR) is 122 cm³/mol. The smallest absolute Gasteiger partial charge is 0.303 e. The summed E-state index contributed by atoms with van der Waals surface area (Å²) in [6, 6.07) is 12.9. The highest BCUT2D eigenvalue weighted by molar-refractivity contribution is 6.31. The molecule has 0 bridgehead atoms. The van der Waals surface area contributed by atoms with E-state index in [1.54, 1.807) is 18.2 Å². The third-order valence-corrected chi connectivity index (χ3v) is 6.26. The van der Waals surface area contributed by atoms with E-state index < -0.39 is 42.8 Å². The fourth-order valence-corrected chi connectivity index (χ4v) is 4.35. The lowest BCUT2D eigenvalue weighted by molar-refractivity contribution is -0.199. The van der Waals surface area contributed by atoms with E-state index in [2.05, 4.69) is 0 Å². The van der Waals surface area contributed by atoms with E-state index in [0.29, 0.717) is 30.2 Å². The zero-order valence-corrected chi connectivity index (χ0v) is 19.4. The summed E-state index contributed by atoms with van der Waals surface area (Å²) in [5.41, 5.74) is 2.34. The Morgan fingerprint density at radius 2 is 1.97 bits per heavy atom. The maximum atomic E-state index is 12.4. The fraction of sp³-hybridized carbons (Fsp3) is 0.440. The molecule has 182 valence electrons. The number of rotatable bonds is 7. The first kappa shape index (κ1) is 24.6. The van der Waals surface area contributed by atoms with Crippen LogP contribution in [-0.4, -0.2) is 66.2 Å². The van der Waals surface area contributed by atoms with Crippen LogP contribution >= 0.6 is 11.6 Å². The van der Waals surface area contributed by atoms with Gasteiger partial charge in [0.2, 0.25) is 5.78 Å². The molecule has 9 heteroatoms. The summed E-state index contributed by atoms with van der Waals surface area (Å²) < 4.78 is 21.9. The molecule has 2 saturated heterocycles. The van der Waals surface area contributed by atoms with Crippen molar-refractivity contribution in [3.8, 4) is 5.75 Å². The summed E-state index contributed by atoms with van der Waals surface area (Å²) >= 11 is 6.44. The van der Waals surface area contributed by atoms with Crippen molar-refractivity contribution in [1.29, 1.82) is 0 Å². The molecule has 34 heavy (non-hydrogen) atoms. The molecule has 2 aromatic rings. The molecular formula is C25H27ClO8. The van der Waals surface area contributed by atoms with E-state index in [1.165, 1.54) is 0 Å². The van der Waals surface area contributed by atoms with Crippen LogP contribution in [0.3, 0.4) is 0 Å². The van der Waals surface area contributed by atoms with E-state index in [0.717, 1.165) is 30.2 Å². The number of hydrogen-bond donors (Lipinski definition) is 2. The maximum absolute atomic E-state index is 12.4. The molecule has 0 amide bonds. The average Bonchev–Trinajstić information content (AvgIpc) is 3.33. The van der Waals surface area contributed by atoms with Gasteiger partial charge in [-0.1, -0.05) is 35.9 Å². The van der Waals surface area contributed by atoms with E-state index in [4.69, 9.17) is 30.5 Å². The zero-order valence-electron chi connectivity index (χ0n) is 18.7. The van der Waals surface area contributed by atoms with Crippen LogP contribution in [0.5, 0.6) is 5.75 Å². The maximum Gasteiger partial charge on any atom is 0.303 e. The molecule has 0 saturated carbocycles. The fourth-order valence-electron chi connectivity index (χ4n) is 4.16. The van der Waals surface area contributed by atoms with Crippen LogP contribution in [0.15, 0.2) is 42.5 Å². The summed E-state index contributed by atoms with van der Waals surface area (Å²) in [6.45, 7) is 1.87. The Bertz CT molecular complexity index is 1020. The molecule has 0 spiro atoms. The Morgan fingerprint density at radius 1 is 1.21 bits per heavy atom. The Morgan fingerprint density at radius 3 is 2.62 bits per heavy atom. The summed E-state index contributed by atoms with van der Waals surface area (Å²) in [7, 11) is 0. The van der Waals surface area contributed by atoms with Crippen molar-refractivity contribution in [2.45, 2.75) is 50.3 Å². The number of aliphatic hydroxyl groups is 2. The Balaban J connectivity index is 1.51. The first-order valence-corrected chi connectivity index (χ1v) is 11.5. The highest BCUT2D eigenvalue weighted by Gasteiger charge is 2.46. The third-order valence-electron chi connectivity index (χ3n) is 5.89. The number of halogens is 1. The van der Waals surface area contributed by atoms with Crippen LogP contribution in [0.1, 0.15) is 36.1 Å². The van der Waals surface area contributed by atoms with E-state index >= 15 is 0 Å². The van der Waals surface area contributed by atoms with Crippen LogP contribution in [0.25, 0.3) is 0 Å². The van der Waals surface area contributed by atoms with Gasteiger partial charge in [-0.2, -0.15) is 0 Å². The second kappa shape index (κ2) is 10.8. The lowest BCUT2D eigenvalue weighted by Gasteiger charge is -2.37. The normalized spacial score (nSPS) is 26.9. The molecule has 5 atom stereocenters. The van der Waals surface area contributed by atoms with Gasteiger partial charge in [0.15, 0.2) is 6.10 Å². The van der Waals surface area contributed by atoms with Gasteiger partial charge in [0.25, 0.3) is 0 Å². The Labute approximate surface area is 202 Å². The number of ketones is 1. The minimum atomic E-state index is -1.43. The van der Waals surface area contributed by atoms with E-state index in [9.17, 15) is 19.8 Å². The van der Waals surface area contributed by atoms with Gasteiger partial charge in [0.05, 0.1) is 19.8 Å². The average molecular weight is 491 g/mol. The van der Waals surface area contributed by atoms with Gasteiger partial charge in [-0.3, -0.25) is 9.59 Å². The third kappa shape index (κ3) is 5.59. The van der Waals surface area contributed by atoms with Gasteiger partial charge < -0.3 is 29.2 Å². The van der Waals surface area contributed by atoms with E-state index in [1.807, 2.05) is 24.3 Å². The van der Waals surface area contributed by atoms with Gasteiger partial charge in [-0.15, -0.1) is 0 Å². The lowest BCUT2D eigenvalue weighted by Crippen LogP contribution is -2.54. The number of hydrogen-bond acceptors (Lipinski definition) is 8. The summed E-state index contributed by atoms with van der Waals surface area (Å²) in [6.07, 6.45) is -3.59. The Kier molecular flexibility index (Phi) is 7.85. The molecule has 2 aromatic carbocycles. The quantitative estimate of drug-likeness (QED) is 0.569. The Hall–Kier alpha value is -2.49. The molecule has 2 heterocycles. The SMILES string of the molecule is CC(=O)O[C@H]1C(=O)[C@@H](CO)O[C@@H](c2ccc(Cl)c(Cc3ccc(O[C@H]4CCOC4)cc3)c2)[C@H]1O. The molecule has 0 aliphatic carbocycles. The zero-order chi connectivity index (χ0) is 24.2. The number of carbonyl (C=O) groups is 2. The van der Waals surface area contributed by atoms with Gasteiger partial charge >= 0.3 is 5.97 Å². The molecule has 2 aliphatic heterocycles. The number of ether oxygens (including phenoxy) is 4.